The molecule has 1 heterocycles. The normalized spacial score (nSPS) is 11.9. The minimum atomic E-state index is -0.480. The van der Waals surface area contributed by atoms with Gasteiger partial charge in [0.25, 0.3) is 5.69 Å². The van der Waals surface area contributed by atoms with Gasteiger partial charge in [-0.2, -0.15) is 0 Å². The van der Waals surface area contributed by atoms with E-state index in [1.54, 1.807) is 19.1 Å². The number of oxime groups is 1. The van der Waals surface area contributed by atoms with Gasteiger partial charge >= 0.3 is 5.97 Å². The molecule has 0 fully saturated rings. The van der Waals surface area contributed by atoms with E-state index in [-0.39, 0.29) is 10.6 Å². The average Bonchev–Trinajstić information content (AvgIpc) is 3.06. The standard InChI is InChI=1S/C24H29N3O4/c1-4-5-6-7-8-9-14-26-23-12-10-19(17(2)25-31-18(3)28)15-21(23)22-16-20(27(29)30)11-13-24(22)26/h10-13,15-16H,4-9,14H2,1-3H3/b25-17+. The first kappa shape index (κ1) is 22.5. The Morgan fingerprint density at radius 2 is 1.65 bits per heavy atom. The Kier molecular flexibility index (Phi) is 7.39. The van der Waals surface area contributed by atoms with Crippen molar-refractivity contribution in [3.63, 3.8) is 0 Å². The molecule has 0 saturated heterocycles. The van der Waals surface area contributed by atoms with Crippen molar-refractivity contribution in [1.29, 1.82) is 0 Å². The minimum Gasteiger partial charge on any atom is -0.340 e. The molecule has 0 bridgehead atoms. The number of unbranched alkanes of at least 4 members (excludes halogenated alkanes) is 5. The lowest BCUT2D eigenvalue weighted by molar-refractivity contribution is -0.384. The molecule has 0 atom stereocenters. The first-order valence-electron chi connectivity index (χ1n) is 10.8. The Balaban J connectivity index is 2.00. The van der Waals surface area contributed by atoms with Crippen LogP contribution in [0.1, 0.15) is 64.9 Å². The van der Waals surface area contributed by atoms with Crippen LogP contribution in [0, 0.1) is 10.1 Å². The Morgan fingerprint density at radius 3 is 2.32 bits per heavy atom. The van der Waals surface area contributed by atoms with Crippen LogP contribution in [-0.2, 0) is 16.2 Å². The molecule has 164 valence electrons. The number of rotatable bonds is 10. The second-order valence-corrected chi connectivity index (χ2v) is 7.87. The second-order valence-electron chi connectivity index (χ2n) is 7.87. The number of carbonyl (C=O) groups is 1. The molecule has 0 aliphatic carbocycles. The van der Waals surface area contributed by atoms with Gasteiger partial charge in [0.15, 0.2) is 0 Å². The minimum absolute atomic E-state index is 0.0711. The van der Waals surface area contributed by atoms with Gasteiger partial charge in [-0.05, 0) is 37.1 Å². The van der Waals surface area contributed by atoms with Crippen LogP contribution in [0.2, 0.25) is 0 Å². The van der Waals surface area contributed by atoms with Gasteiger partial charge in [0.2, 0.25) is 0 Å². The highest BCUT2D eigenvalue weighted by atomic mass is 16.7. The number of aromatic nitrogens is 1. The predicted molar refractivity (Wildman–Crippen MR) is 123 cm³/mol. The number of aryl methyl sites for hydroxylation is 1. The lowest BCUT2D eigenvalue weighted by Gasteiger charge is -2.08. The van der Waals surface area contributed by atoms with Crippen LogP contribution in [0.25, 0.3) is 21.8 Å². The fourth-order valence-corrected chi connectivity index (χ4v) is 3.91. The Bertz CT molecular complexity index is 1130. The van der Waals surface area contributed by atoms with Gasteiger partial charge in [-0.15, -0.1) is 0 Å². The largest absolute Gasteiger partial charge is 0.340 e. The van der Waals surface area contributed by atoms with Crippen LogP contribution in [0.5, 0.6) is 0 Å². The second kappa shape index (κ2) is 10.2. The first-order chi connectivity index (χ1) is 14.9. The highest BCUT2D eigenvalue weighted by Crippen LogP contribution is 2.33. The number of non-ortho nitro benzene ring substituents is 1. The van der Waals surface area contributed by atoms with Crippen molar-refractivity contribution in [2.75, 3.05) is 0 Å². The Hall–Kier alpha value is -3.22. The fraction of sp³-hybridized carbons (Fsp3) is 0.417. The number of hydrogen-bond acceptors (Lipinski definition) is 5. The maximum Gasteiger partial charge on any atom is 0.331 e. The summed E-state index contributed by atoms with van der Waals surface area (Å²) in [5.41, 5.74) is 3.47. The molecule has 0 unspecified atom stereocenters. The first-order valence-corrected chi connectivity index (χ1v) is 10.8. The summed E-state index contributed by atoms with van der Waals surface area (Å²) in [5.74, 6) is -0.480. The Labute approximate surface area is 181 Å². The summed E-state index contributed by atoms with van der Waals surface area (Å²) in [6.07, 6.45) is 7.23. The van der Waals surface area contributed by atoms with Crippen LogP contribution in [0.3, 0.4) is 0 Å². The van der Waals surface area contributed by atoms with E-state index in [9.17, 15) is 14.9 Å². The number of nitro benzene ring substituents is 1. The van der Waals surface area contributed by atoms with Crippen LogP contribution >= 0.6 is 0 Å². The lowest BCUT2D eigenvalue weighted by Crippen LogP contribution is -2.00. The van der Waals surface area contributed by atoms with E-state index in [2.05, 4.69) is 16.6 Å². The van der Waals surface area contributed by atoms with E-state index >= 15 is 0 Å². The molecule has 1 aromatic heterocycles. The quantitative estimate of drug-likeness (QED) is 0.125. The van der Waals surface area contributed by atoms with E-state index in [1.807, 2.05) is 24.3 Å². The number of hydrogen-bond donors (Lipinski definition) is 0. The third kappa shape index (κ3) is 5.29. The number of carbonyl (C=O) groups excluding carboxylic acids is 1. The molecule has 0 radical (unpaired) electrons. The summed E-state index contributed by atoms with van der Waals surface area (Å²) >= 11 is 0. The van der Waals surface area contributed by atoms with Crippen molar-refractivity contribution in [1.82, 2.24) is 4.57 Å². The molecule has 0 amide bonds. The number of benzene rings is 2. The molecule has 3 rings (SSSR count). The van der Waals surface area contributed by atoms with E-state index in [0.717, 1.165) is 40.3 Å². The van der Waals surface area contributed by atoms with Gasteiger partial charge in [0, 0.05) is 47.4 Å². The van der Waals surface area contributed by atoms with Crippen molar-refractivity contribution >= 4 is 39.2 Å². The summed E-state index contributed by atoms with van der Waals surface area (Å²) in [4.78, 5) is 26.8. The average molecular weight is 424 g/mol. The van der Waals surface area contributed by atoms with Crippen LogP contribution in [0.4, 0.5) is 5.69 Å². The summed E-state index contributed by atoms with van der Waals surface area (Å²) < 4.78 is 2.25. The number of nitrogens with zero attached hydrogens (tertiary/aromatic N) is 3. The third-order valence-corrected chi connectivity index (χ3v) is 5.52. The van der Waals surface area contributed by atoms with E-state index in [4.69, 9.17) is 4.84 Å². The number of fused-ring (bicyclic) bond motifs is 3. The highest BCUT2D eigenvalue weighted by Gasteiger charge is 2.16. The van der Waals surface area contributed by atoms with Crippen molar-refractivity contribution < 1.29 is 14.6 Å². The maximum absolute atomic E-state index is 11.3. The van der Waals surface area contributed by atoms with E-state index in [0.29, 0.717) is 5.71 Å². The third-order valence-electron chi connectivity index (χ3n) is 5.52. The maximum atomic E-state index is 11.3. The summed E-state index contributed by atoms with van der Waals surface area (Å²) in [6, 6.07) is 11.0. The zero-order valence-electron chi connectivity index (χ0n) is 18.4. The molecular formula is C24H29N3O4. The zero-order valence-corrected chi connectivity index (χ0v) is 18.4. The molecule has 0 spiro atoms. The van der Waals surface area contributed by atoms with Gasteiger partial charge in [0.05, 0.1) is 10.6 Å². The fourth-order valence-electron chi connectivity index (χ4n) is 3.91. The molecule has 0 aliphatic rings. The predicted octanol–water partition coefficient (Wildman–Crippen LogP) is 6.35. The SMILES string of the molecule is CCCCCCCCn1c2ccc(/C(C)=N/OC(C)=O)cc2c2cc([N+](=O)[O-])ccc21. The van der Waals surface area contributed by atoms with E-state index < -0.39 is 5.97 Å². The molecule has 3 aromatic rings. The van der Waals surface area contributed by atoms with Crippen molar-refractivity contribution in [3.8, 4) is 0 Å². The zero-order chi connectivity index (χ0) is 22.4. The summed E-state index contributed by atoms with van der Waals surface area (Å²) in [6.45, 7) is 6.14. The van der Waals surface area contributed by atoms with Crippen molar-refractivity contribution in [2.45, 2.75) is 65.8 Å². The molecule has 7 heteroatoms. The van der Waals surface area contributed by atoms with E-state index in [1.165, 1.54) is 39.0 Å². The topological polar surface area (TPSA) is 86.7 Å². The molecular weight excluding hydrogens is 394 g/mol. The smallest absolute Gasteiger partial charge is 0.331 e. The van der Waals surface area contributed by atoms with Crippen molar-refractivity contribution in [3.05, 3.63) is 52.1 Å². The van der Waals surface area contributed by atoms with Gasteiger partial charge in [-0.1, -0.05) is 50.2 Å². The summed E-state index contributed by atoms with van der Waals surface area (Å²) in [5, 5.41) is 17.0. The van der Waals surface area contributed by atoms with Gasteiger partial charge < -0.3 is 9.40 Å². The highest BCUT2D eigenvalue weighted by molar-refractivity contribution is 6.12. The van der Waals surface area contributed by atoms with Gasteiger partial charge in [0.1, 0.15) is 0 Å². The van der Waals surface area contributed by atoms with Gasteiger partial charge in [-0.3, -0.25) is 10.1 Å². The molecule has 31 heavy (non-hydrogen) atoms. The Morgan fingerprint density at radius 1 is 1.00 bits per heavy atom. The van der Waals surface area contributed by atoms with Crippen molar-refractivity contribution in [2.24, 2.45) is 5.16 Å². The molecule has 0 saturated carbocycles. The van der Waals surface area contributed by atoms with Crippen LogP contribution in [0.15, 0.2) is 41.6 Å². The molecule has 0 aliphatic heterocycles. The molecule has 0 N–H and O–H groups in total. The van der Waals surface area contributed by atoms with Crippen LogP contribution < -0.4 is 0 Å². The van der Waals surface area contributed by atoms with Gasteiger partial charge in [-0.25, -0.2) is 4.79 Å². The molecule has 7 nitrogen and oxygen atoms in total. The number of nitro groups is 1. The van der Waals surface area contributed by atoms with Crippen LogP contribution in [-0.4, -0.2) is 21.2 Å². The molecule has 2 aromatic carbocycles. The lowest BCUT2D eigenvalue weighted by atomic mass is 10.1. The monoisotopic (exact) mass is 423 g/mol. The summed E-state index contributed by atoms with van der Waals surface area (Å²) in [7, 11) is 0.